The summed E-state index contributed by atoms with van der Waals surface area (Å²) in [4.78, 5) is 40.9. The van der Waals surface area contributed by atoms with Gasteiger partial charge < -0.3 is 15.0 Å². The average molecular weight is 363 g/mol. The van der Waals surface area contributed by atoms with Gasteiger partial charge in [-0.05, 0) is 23.8 Å². The van der Waals surface area contributed by atoms with Gasteiger partial charge in [0.15, 0.2) is 6.61 Å². The fourth-order valence-corrected chi connectivity index (χ4v) is 3.16. The van der Waals surface area contributed by atoms with Crippen molar-refractivity contribution in [3.05, 3.63) is 60.3 Å². The zero-order chi connectivity index (χ0) is 18.8. The molecule has 0 aliphatic carbocycles. The number of carbonyl (C=O) groups is 3. The van der Waals surface area contributed by atoms with E-state index in [1.807, 2.05) is 24.3 Å². The second kappa shape index (κ2) is 6.95. The highest BCUT2D eigenvalue weighted by atomic mass is 16.5. The summed E-state index contributed by atoms with van der Waals surface area (Å²) in [5, 5.41) is 3.66. The quantitative estimate of drug-likeness (QED) is 0.696. The van der Waals surface area contributed by atoms with Crippen molar-refractivity contribution >= 4 is 40.1 Å². The van der Waals surface area contributed by atoms with E-state index < -0.39 is 18.5 Å². The van der Waals surface area contributed by atoms with Gasteiger partial charge in [0, 0.05) is 17.1 Å². The van der Waals surface area contributed by atoms with Crippen molar-refractivity contribution in [1.82, 2.24) is 4.98 Å². The van der Waals surface area contributed by atoms with Crippen LogP contribution in [0.3, 0.4) is 0 Å². The number of nitrogens with zero attached hydrogens (tertiary/aromatic N) is 1. The summed E-state index contributed by atoms with van der Waals surface area (Å²) in [5.74, 6) is -1.22. The van der Waals surface area contributed by atoms with Crippen LogP contribution in [-0.4, -0.2) is 35.9 Å². The zero-order valence-electron chi connectivity index (χ0n) is 14.4. The lowest BCUT2D eigenvalue weighted by molar-refractivity contribution is -0.147. The molecule has 0 atom stereocenters. The molecule has 1 aliphatic heterocycles. The number of nitrogens with one attached hydrogen (secondary N) is 2. The van der Waals surface area contributed by atoms with Crippen molar-refractivity contribution < 1.29 is 19.1 Å². The molecule has 7 nitrogen and oxygen atoms in total. The number of ether oxygens (including phenoxy) is 1. The van der Waals surface area contributed by atoms with Crippen LogP contribution in [0.25, 0.3) is 10.9 Å². The Kier molecular flexibility index (Phi) is 4.33. The molecule has 27 heavy (non-hydrogen) atoms. The Morgan fingerprint density at radius 1 is 1.07 bits per heavy atom. The molecule has 136 valence electrons. The van der Waals surface area contributed by atoms with E-state index in [4.69, 9.17) is 4.74 Å². The van der Waals surface area contributed by atoms with E-state index in [-0.39, 0.29) is 18.9 Å². The predicted molar refractivity (Wildman–Crippen MR) is 100 cm³/mol. The molecular formula is C20H17N3O4. The molecule has 0 saturated heterocycles. The maximum Gasteiger partial charge on any atom is 0.310 e. The van der Waals surface area contributed by atoms with Crippen molar-refractivity contribution in [2.45, 2.75) is 6.42 Å². The number of carbonyl (C=O) groups excluding carboxylic acids is 3. The van der Waals surface area contributed by atoms with Crippen molar-refractivity contribution in [3.8, 4) is 0 Å². The number of hydrogen-bond acceptors (Lipinski definition) is 4. The Bertz CT molecular complexity index is 1040. The second-order valence-electron chi connectivity index (χ2n) is 6.24. The lowest BCUT2D eigenvalue weighted by Crippen LogP contribution is -2.44. The molecule has 0 spiro atoms. The lowest BCUT2D eigenvalue weighted by atomic mass is 10.1. The van der Waals surface area contributed by atoms with Gasteiger partial charge in [-0.25, -0.2) is 0 Å². The smallest absolute Gasteiger partial charge is 0.310 e. The van der Waals surface area contributed by atoms with E-state index >= 15 is 0 Å². The molecule has 2 aromatic carbocycles. The number of benzene rings is 2. The Labute approximate surface area is 154 Å². The Morgan fingerprint density at radius 3 is 2.74 bits per heavy atom. The summed E-state index contributed by atoms with van der Waals surface area (Å²) in [5.41, 5.74) is 2.90. The lowest BCUT2D eigenvalue weighted by Gasteiger charge is -2.28. The van der Waals surface area contributed by atoms with Gasteiger partial charge in [-0.2, -0.15) is 0 Å². The third-order valence-corrected chi connectivity index (χ3v) is 4.44. The number of H-pyrrole nitrogens is 1. The van der Waals surface area contributed by atoms with E-state index in [1.54, 1.807) is 30.5 Å². The van der Waals surface area contributed by atoms with Gasteiger partial charge >= 0.3 is 5.97 Å². The fraction of sp³-hybridized carbons (Fsp3) is 0.150. The first-order valence-corrected chi connectivity index (χ1v) is 8.51. The second-order valence-corrected chi connectivity index (χ2v) is 6.24. The average Bonchev–Trinajstić information content (AvgIpc) is 3.08. The maximum atomic E-state index is 12.5. The molecule has 2 N–H and O–H groups in total. The number of amides is 2. The first-order valence-electron chi connectivity index (χ1n) is 8.51. The van der Waals surface area contributed by atoms with Crippen molar-refractivity contribution in [1.29, 1.82) is 0 Å². The maximum absolute atomic E-state index is 12.5. The highest BCUT2D eigenvalue weighted by Gasteiger charge is 2.27. The third kappa shape index (κ3) is 3.39. The van der Waals surface area contributed by atoms with Gasteiger partial charge in [-0.15, -0.1) is 0 Å². The van der Waals surface area contributed by atoms with Crippen LogP contribution in [0.1, 0.15) is 5.56 Å². The van der Waals surface area contributed by atoms with E-state index in [0.29, 0.717) is 11.4 Å². The molecule has 0 radical (unpaired) electrons. The molecule has 0 saturated carbocycles. The molecule has 0 bridgehead atoms. The molecule has 0 fully saturated rings. The van der Waals surface area contributed by atoms with Gasteiger partial charge in [0.05, 0.1) is 17.8 Å². The minimum atomic E-state index is -0.497. The summed E-state index contributed by atoms with van der Waals surface area (Å²) in [6.07, 6.45) is 1.83. The predicted octanol–water partition coefficient (Wildman–Crippen LogP) is 2.24. The number of esters is 1. The summed E-state index contributed by atoms with van der Waals surface area (Å²) in [6.45, 7) is -0.515. The van der Waals surface area contributed by atoms with Crippen LogP contribution in [0, 0.1) is 0 Å². The Hall–Kier alpha value is -3.61. The van der Waals surface area contributed by atoms with Crippen LogP contribution in [-0.2, 0) is 25.5 Å². The monoisotopic (exact) mass is 363 g/mol. The first-order chi connectivity index (χ1) is 13.1. The first kappa shape index (κ1) is 16.8. The number of fused-ring (bicyclic) bond motifs is 2. The molecule has 1 aliphatic rings. The Morgan fingerprint density at radius 2 is 1.85 bits per heavy atom. The van der Waals surface area contributed by atoms with Gasteiger partial charge in [0.2, 0.25) is 5.91 Å². The molecule has 2 amide bonds. The van der Waals surface area contributed by atoms with Crippen LogP contribution in [0.4, 0.5) is 11.4 Å². The highest BCUT2D eigenvalue weighted by Crippen LogP contribution is 2.28. The Balaban J connectivity index is 1.41. The molecule has 7 heteroatoms. The molecule has 1 aromatic heterocycles. The number of para-hydroxylation sites is 3. The van der Waals surface area contributed by atoms with E-state index in [9.17, 15) is 14.4 Å². The summed E-state index contributed by atoms with van der Waals surface area (Å²) < 4.78 is 5.15. The van der Waals surface area contributed by atoms with Gasteiger partial charge in [0.1, 0.15) is 6.54 Å². The minimum Gasteiger partial charge on any atom is -0.455 e. The van der Waals surface area contributed by atoms with Crippen LogP contribution in [0.5, 0.6) is 0 Å². The number of anilines is 2. The van der Waals surface area contributed by atoms with E-state index in [2.05, 4.69) is 10.3 Å². The SMILES string of the molecule is O=C1CN(C(=O)COC(=O)Cc2c[nH]c3ccccc23)c2ccccc2N1. The van der Waals surface area contributed by atoms with Crippen LogP contribution in [0.15, 0.2) is 54.7 Å². The van der Waals surface area contributed by atoms with Crippen molar-refractivity contribution in [3.63, 3.8) is 0 Å². The fourth-order valence-electron chi connectivity index (χ4n) is 3.16. The number of aromatic amines is 1. The normalized spacial score (nSPS) is 13.2. The van der Waals surface area contributed by atoms with Gasteiger partial charge in [-0.3, -0.25) is 19.3 Å². The molecule has 4 rings (SSSR count). The zero-order valence-corrected chi connectivity index (χ0v) is 14.4. The van der Waals surface area contributed by atoms with Crippen molar-refractivity contribution in [2.75, 3.05) is 23.4 Å². The summed E-state index contributed by atoms with van der Waals surface area (Å²) in [7, 11) is 0. The van der Waals surface area contributed by atoms with Gasteiger partial charge in [0.25, 0.3) is 5.91 Å². The number of aromatic nitrogens is 1. The molecule has 2 heterocycles. The standard InChI is InChI=1S/C20H17N3O4/c24-18-11-23(17-8-4-3-7-16(17)22-18)19(25)12-27-20(26)9-13-10-21-15-6-2-1-5-14(13)15/h1-8,10,21H,9,11-12H2,(H,22,24). The summed E-state index contributed by atoms with van der Waals surface area (Å²) in [6, 6.07) is 14.7. The molecular weight excluding hydrogens is 346 g/mol. The number of rotatable bonds is 4. The van der Waals surface area contributed by atoms with Crippen LogP contribution in [0.2, 0.25) is 0 Å². The van der Waals surface area contributed by atoms with Crippen molar-refractivity contribution in [2.24, 2.45) is 0 Å². The van der Waals surface area contributed by atoms with Crippen LogP contribution < -0.4 is 10.2 Å². The van der Waals surface area contributed by atoms with Crippen LogP contribution >= 0.6 is 0 Å². The van der Waals surface area contributed by atoms with Gasteiger partial charge in [-0.1, -0.05) is 30.3 Å². The molecule has 0 unspecified atom stereocenters. The topological polar surface area (TPSA) is 91.5 Å². The molecule has 3 aromatic rings. The van der Waals surface area contributed by atoms with E-state index in [1.165, 1.54) is 4.90 Å². The van der Waals surface area contributed by atoms with E-state index in [0.717, 1.165) is 16.5 Å². The number of hydrogen-bond donors (Lipinski definition) is 2. The summed E-state index contributed by atoms with van der Waals surface area (Å²) >= 11 is 0. The highest BCUT2D eigenvalue weighted by molar-refractivity contribution is 6.10. The largest absolute Gasteiger partial charge is 0.455 e. The third-order valence-electron chi connectivity index (χ3n) is 4.44. The minimum absolute atomic E-state index is 0.0639.